The van der Waals surface area contributed by atoms with E-state index in [1.54, 1.807) is 6.07 Å². The van der Waals surface area contributed by atoms with Crippen molar-refractivity contribution in [1.82, 2.24) is 0 Å². The van der Waals surface area contributed by atoms with Crippen molar-refractivity contribution in [1.29, 1.82) is 0 Å². The molecule has 2 rings (SSSR count). The van der Waals surface area contributed by atoms with Gasteiger partial charge in [0.25, 0.3) is 5.69 Å². The lowest BCUT2D eigenvalue weighted by Gasteiger charge is -2.11. The Morgan fingerprint density at radius 2 is 1.88 bits per heavy atom. The molecular formula is C17H17NO6. The Hall–Kier alpha value is -3.09. The molecule has 2 aromatic rings. The highest BCUT2D eigenvalue weighted by Gasteiger charge is 2.16. The molecule has 0 aliphatic heterocycles. The van der Waals surface area contributed by atoms with Gasteiger partial charge in [0.1, 0.15) is 5.75 Å². The predicted molar refractivity (Wildman–Crippen MR) is 86.7 cm³/mol. The zero-order valence-electron chi connectivity index (χ0n) is 13.6. The van der Waals surface area contributed by atoms with Crippen LogP contribution in [0.25, 0.3) is 0 Å². The van der Waals surface area contributed by atoms with Crippen molar-refractivity contribution in [3.05, 3.63) is 57.6 Å². The number of benzene rings is 2. The van der Waals surface area contributed by atoms with Gasteiger partial charge in [0.15, 0.2) is 18.1 Å². The van der Waals surface area contributed by atoms with E-state index in [4.69, 9.17) is 14.2 Å². The first kappa shape index (κ1) is 17.3. The van der Waals surface area contributed by atoms with Crippen molar-refractivity contribution in [2.75, 3.05) is 13.7 Å². The molecule has 24 heavy (non-hydrogen) atoms. The number of nitro benzene ring substituents is 1. The van der Waals surface area contributed by atoms with Crippen molar-refractivity contribution in [2.45, 2.75) is 13.8 Å². The van der Waals surface area contributed by atoms with Gasteiger partial charge < -0.3 is 14.2 Å². The molecule has 0 spiro atoms. The summed E-state index contributed by atoms with van der Waals surface area (Å²) in [6, 6.07) is 9.29. The van der Waals surface area contributed by atoms with Gasteiger partial charge in [0, 0.05) is 6.07 Å². The number of methoxy groups -OCH3 is 1. The number of rotatable bonds is 6. The van der Waals surface area contributed by atoms with Crippen LogP contribution >= 0.6 is 0 Å². The topological polar surface area (TPSA) is 87.9 Å². The van der Waals surface area contributed by atoms with Gasteiger partial charge in [0.05, 0.1) is 18.1 Å². The zero-order valence-corrected chi connectivity index (χ0v) is 13.6. The summed E-state index contributed by atoms with van der Waals surface area (Å²) in [5, 5.41) is 10.8. The maximum Gasteiger partial charge on any atom is 0.349 e. The Labute approximate surface area is 138 Å². The van der Waals surface area contributed by atoms with Crippen LogP contribution in [0.15, 0.2) is 36.4 Å². The molecule has 0 bridgehead atoms. The molecule has 0 heterocycles. The normalized spacial score (nSPS) is 10.1. The summed E-state index contributed by atoms with van der Waals surface area (Å²) < 4.78 is 15.6. The van der Waals surface area contributed by atoms with Crippen molar-refractivity contribution >= 4 is 11.7 Å². The number of non-ortho nitro benzene ring substituents is 1. The fourth-order valence-electron chi connectivity index (χ4n) is 2.03. The average molecular weight is 331 g/mol. The molecule has 0 aliphatic rings. The fourth-order valence-corrected chi connectivity index (χ4v) is 2.03. The van der Waals surface area contributed by atoms with E-state index in [2.05, 4.69) is 0 Å². The van der Waals surface area contributed by atoms with Crippen molar-refractivity contribution in [3.8, 4) is 17.2 Å². The largest absolute Gasteiger partial charge is 0.493 e. The Morgan fingerprint density at radius 1 is 1.12 bits per heavy atom. The summed E-state index contributed by atoms with van der Waals surface area (Å²) in [6.45, 7) is 3.50. The van der Waals surface area contributed by atoms with Crippen LogP contribution in [-0.4, -0.2) is 24.6 Å². The van der Waals surface area contributed by atoms with Crippen LogP contribution in [0.1, 0.15) is 11.1 Å². The second-order valence-electron chi connectivity index (χ2n) is 5.05. The van der Waals surface area contributed by atoms with Crippen molar-refractivity contribution < 1.29 is 23.9 Å². The molecule has 0 amide bonds. The van der Waals surface area contributed by atoms with Crippen molar-refractivity contribution in [2.24, 2.45) is 0 Å². The monoisotopic (exact) mass is 331 g/mol. The van der Waals surface area contributed by atoms with Crippen LogP contribution in [-0.2, 0) is 4.79 Å². The van der Waals surface area contributed by atoms with E-state index in [0.717, 1.165) is 17.2 Å². The number of hydrogen-bond acceptors (Lipinski definition) is 6. The maximum absolute atomic E-state index is 12.0. The Balaban J connectivity index is 2.08. The molecule has 7 nitrogen and oxygen atoms in total. The third-order valence-electron chi connectivity index (χ3n) is 3.48. The molecule has 126 valence electrons. The minimum atomic E-state index is -0.685. The van der Waals surface area contributed by atoms with Crippen LogP contribution in [0.3, 0.4) is 0 Å². The summed E-state index contributed by atoms with van der Waals surface area (Å²) >= 11 is 0. The standard InChI is InChI=1S/C17H17NO6/c1-11-5-4-6-14(12(11)2)23-10-17(19)24-16-9-13(18(20)21)7-8-15(16)22-3/h4-9H,10H2,1-3H3. The van der Waals surface area contributed by atoms with Crippen molar-refractivity contribution in [3.63, 3.8) is 0 Å². The van der Waals surface area contributed by atoms with E-state index in [1.807, 2.05) is 26.0 Å². The van der Waals surface area contributed by atoms with E-state index in [9.17, 15) is 14.9 Å². The minimum Gasteiger partial charge on any atom is -0.493 e. The molecule has 0 aromatic heterocycles. The number of esters is 1. The molecule has 7 heteroatoms. The number of nitro groups is 1. The molecule has 0 fully saturated rings. The van der Waals surface area contributed by atoms with Crippen LogP contribution in [0.4, 0.5) is 5.69 Å². The van der Waals surface area contributed by atoms with Crippen LogP contribution < -0.4 is 14.2 Å². The molecule has 0 unspecified atom stereocenters. The number of aryl methyl sites for hydroxylation is 1. The molecule has 0 N–H and O–H groups in total. The quantitative estimate of drug-likeness (QED) is 0.349. The van der Waals surface area contributed by atoms with Gasteiger partial charge >= 0.3 is 5.97 Å². The van der Waals surface area contributed by atoms with E-state index in [1.165, 1.54) is 19.2 Å². The lowest BCUT2D eigenvalue weighted by molar-refractivity contribution is -0.384. The highest BCUT2D eigenvalue weighted by atomic mass is 16.6. The van der Waals surface area contributed by atoms with Crippen LogP contribution in [0, 0.1) is 24.0 Å². The average Bonchev–Trinajstić information content (AvgIpc) is 2.56. The molecule has 0 saturated heterocycles. The number of hydrogen-bond donors (Lipinski definition) is 0. The van der Waals surface area contributed by atoms with Gasteiger partial charge in [-0.1, -0.05) is 12.1 Å². The highest BCUT2D eigenvalue weighted by Crippen LogP contribution is 2.31. The van der Waals surface area contributed by atoms with Gasteiger partial charge in [-0.3, -0.25) is 10.1 Å². The van der Waals surface area contributed by atoms with Gasteiger partial charge in [-0.25, -0.2) is 4.79 Å². The minimum absolute atomic E-state index is 0.0266. The summed E-state index contributed by atoms with van der Waals surface area (Å²) in [5.74, 6) is 0.0922. The second kappa shape index (κ2) is 7.45. The molecule has 0 saturated carbocycles. The second-order valence-corrected chi connectivity index (χ2v) is 5.05. The van der Waals surface area contributed by atoms with Gasteiger partial charge in [0.2, 0.25) is 0 Å². The van der Waals surface area contributed by atoms with E-state index < -0.39 is 10.9 Å². The maximum atomic E-state index is 12.0. The van der Waals surface area contributed by atoms with E-state index in [0.29, 0.717) is 5.75 Å². The Morgan fingerprint density at radius 3 is 2.54 bits per heavy atom. The Bertz CT molecular complexity index is 772. The third kappa shape index (κ3) is 4.01. The molecular weight excluding hydrogens is 314 g/mol. The van der Waals surface area contributed by atoms with Gasteiger partial charge in [-0.2, -0.15) is 0 Å². The SMILES string of the molecule is COc1ccc([N+](=O)[O-])cc1OC(=O)COc1cccc(C)c1C. The summed E-state index contributed by atoms with van der Waals surface area (Å²) in [6.07, 6.45) is 0. The lowest BCUT2D eigenvalue weighted by atomic mass is 10.1. The molecule has 0 atom stereocenters. The van der Waals surface area contributed by atoms with Crippen LogP contribution in [0.2, 0.25) is 0 Å². The molecule has 0 radical (unpaired) electrons. The Kier molecular flexibility index (Phi) is 5.36. The summed E-state index contributed by atoms with van der Waals surface area (Å²) in [7, 11) is 1.38. The zero-order chi connectivity index (χ0) is 17.7. The summed E-state index contributed by atoms with van der Waals surface area (Å²) in [4.78, 5) is 22.2. The van der Waals surface area contributed by atoms with Crippen LogP contribution in [0.5, 0.6) is 17.2 Å². The number of carbonyl (C=O) groups excluding carboxylic acids is 1. The third-order valence-corrected chi connectivity index (χ3v) is 3.48. The van der Waals surface area contributed by atoms with E-state index >= 15 is 0 Å². The predicted octanol–water partition coefficient (Wildman–Crippen LogP) is 3.20. The fraction of sp³-hybridized carbons (Fsp3) is 0.235. The van der Waals surface area contributed by atoms with E-state index in [-0.39, 0.29) is 23.8 Å². The van der Waals surface area contributed by atoms with Gasteiger partial charge in [-0.05, 0) is 37.1 Å². The first-order valence-electron chi connectivity index (χ1n) is 7.14. The number of carbonyl (C=O) groups is 1. The summed E-state index contributed by atoms with van der Waals surface area (Å²) in [5.41, 5.74) is 1.77. The molecule has 0 aliphatic carbocycles. The lowest BCUT2D eigenvalue weighted by Crippen LogP contribution is -2.18. The highest BCUT2D eigenvalue weighted by molar-refractivity contribution is 5.75. The molecule has 2 aromatic carbocycles. The van der Waals surface area contributed by atoms with Gasteiger partial charge in [-0.15, -0.1) is 0 Å². The number of ether oxygens (including phenoxy) is 3. The first-order valence-corrected chi connectivity index (χ1v) is 7.14. The smallest absolute Gasteiger partial charge is 0.349 e. The first-order chi connectivity index (χ1) is 11.4. The number of nitrogens with zero attached hydrogens (tertiary/aromatic N) is 1.